The maximum Gasteiger partial charge on any atom is 0.359 e. The molecule has 0 aliphatic carbocycles. The number of nitrogens with one attached hydrogen (secondary N) is 1. The number of rotatable bonds is 5. The van der Waals surface area contributed by atoms with E-state index in [4.69, 9.17) is 4.74 Å². The zero-order valence-corrected chi connectivity index (χ0v) is 9.84. The van der Waals surface area contributed by atoms with Gasteiger partial charge in [0.2, 0.25) is 0 Å². The average Bonchev–Trinajstić information content (AvgIpc) is 2.36. The Morgan fingerprint density at radius 2 is 2.24 bits per heavy atom. The first-order valence-corrected chi connectivity index (χ1v) is 5.36. The minimum absolute atomic E-state index is 0.0673. The summed E-state index contributed by atoms with van der Waals surface area (Å²) in [6, 6.07) is 0.0673. The van der Waals surface area contributed by atoms with Gasteiger partial charge in [-0.2, -0.15) is 0 Å². The van der Waals surface area contributed by atoms with Crippen molar-refractivity contribution in [2.75, 3.05) is 6.61 Å². The molecule has 6 nitrogen and oxygen atoms in total. The highest BCUT2D eigenvalue weighted by atomic mass is 16.5. The first-order valence-electron chi connectivity index (χ1n) is 5.36. The summed E-state index contributed by atoms with van der Waals surface area (Å²) in [6.07, 6.45) is 4.95. The molecule has 1 heterocycles. The monoisotopic (exact) mass is 237 g/mol. The Morgan fingerprint density at radius 1 is 1.47 bits per heavy atom. The minimum Gasteiger partial charge on any atom is -0.451 e. The van der Waals surface area contributed by atoms with E-state index < -0.39 is 5.97 Å². The van der Waals surface area contributed by atoms with Gasteiger partial charge in [0.05, 0.1) is 6.20 Å². The fraction of sp³-hybridized carbons (Fsp3) is 0.455. The molecule has 0 aliphatic rings. The van der Waals surface area contributed by atoms with Crippen molar-refractivity contribution < 1.29 is 14.3 Å². The second-order valence-corrected chi connectivity index (χ2v) is 3.54. The van der Waals surface area contributed by atoms with Crippen molar-refractivity contribution >= 4 is 11.9 Å². The lowest BCUT2D eigenvalue weighted by Gasteiger charge is -2.11. The Hall–Kier alpha value is -1.98. The van der Waals surface area contributed by atoms with Crippen LogP contribution in [0.1, 0.15) is 30.8 Å². The molecule has 0 aliphatic heterocycles. The first kappa shape index (κ1) is 13.1. The third-order valence-corrected chi connectivity index (χ3v) is 2.13. The molecular formula is C11H15N3O3. The molecule has 1 rings (SSSR count). The highest BCUT2D eigenvalue weighted by Crippen LogP contribution is 1.94. The van der Waals surface area contributed by atoms with E-state index >= 15 is 0 Å². The van der Waals surface area contributed by atoms with Crippen LogP contribution in [0.5, 0.6) is 0 Å². The van der Waals surface area contributed by atoms with E-state index in [2.05, 4.69) is 15.3 Å². The van der Waals surface area contributed by atoms with Crippen LogP contribution in [-0.4, -0.2) is 34.5 Å². The summed E-state index contributed by atoms with van der Waals surface area (Å²) in [6.45, 7) is 3.53. The van der Waals surface area contributed by atoms with Gasteiger partial charge in [0.25, 0.3) is 5.91 Å². The summed E-state index contributed by atoms with van der Waals surface area (Å²) in [5, 5.41) is 2.68. The highest BCUT2D eigenvalue weighted by Gasteiger charge is 2.12. The van der Waals surface area contributed by atoms with Crippen LogP contribution in [0.2, 0.25) is 0 Å². The largest absolute Gasteiger partial charge is 0.451 e. The van der Waals surface area contributed by atoms with Crippen molar-refractivity contribution in [3.63, 3.8) is 0 Å². The molecule has 6 heteroatoms. The Balaban J connectivity index is 2.36. The number of esters is 1. The van der Waals surface area contributed by atoms with Gasteiger partial charge in [0.1, 0.15) is 0 Å². The summed E-state index contributed by atoms with van der Waals surface area (Å²) in [5.74, 6) is -0.978. The molecule has 1 unspecified atom stereocenters. The van der Waals surface area contributed by atoms with Crippen molar-refractivity contribution in [1.82, 2.24) is 15.3 Å². The van der Waals surface area contributed by atoms with Crippen molar-refractivity contribution in [2.45, 2.75) is 26.3 Å². The molecule has 0 bridgehead atoms. The van der Waals surface area contributed by atoms with Crippen molar-refractivity contribution in [3.8, 4) is 0 Å². The number of nitrogens with zero attached hydrogens (tertiary/aromatic N) is 2. The standard InChI is InChI=1S/C11H15N3O3/c1-3-8(2)14-10(15)7-17-11(16)9-6-12-4-5-13-9/h4-6,8H,3,7H2,1-2H3,(H,14,15). The number of amides is 1. The van der Waals surface area contributed by atoms with Crippen molar-refractivity contribution in [3.05, 3.63) is 24.3 Å². The van der Waals surface area contributed by atoms with E-state index in [0.717, 1.165) is 6.42 Å². The minimum atomic E-state index is -0.655. The van der Waals surface area contributed by atoms with Crippen LogP contribution in [0.15, 0.2) is 18.6 Å². The van der Waals surface area contributed by atoms with Gasteiger partial charge in [-0.25, -0.2) is 9.78 Å². The summed E-state index contributed by atoms with van der Waals surface area (Å²) in [7, 11) is 0. The number of ether oxygens (including phenoxy) is 1. The number of hydrogen-bond acceptors (Lipinski definition) is 5. The number of aromatic nitrogens is 2. The van der Waals surface area contributed by atoms with Crippen LogP contribution >= 0.6 is 0 Å². The number of carbonyl (C=O) groups excluding carboxylic acids is 2. The van der Waals surface area contributed by atoms with Gasteiger partial charge in [0, 0.05) is 18.4 Å². The summed E-state index contributed by atoms with van der Waals surface area (Å²) in [4.78, 5) is 30.2. The maximum atomic E-state index is 11.4. The number of hydrogen-bond donors (Lipinski definition) is 1. The Kier molecular flexibility index (Phi) is 5.06. The third kappa shape index (κ3) is 4.58. The molecule has 1 amide bonds. The van der Waals surface area contributed by atoms with Gasteiger partial charge in [-0.15, -0.1) is 0 Å². The molecule has 0 saturated heterocycles. The smallest absolute Gasteiger partial charge is 0.359 e. The SMILES string of the molecule is CCC(C)NC(=O)COC(=O)c1cnccn1. The lowest BCUT2D eigenvalue weighted by molar-refractivity contribution is -0.124. The van der Waals surface area contributed by atoms with E-state index in [0.29, 0.717) is 0 Å². The fourth-order valence-electron chi connectivity index (χ4n) is 1.03. The van der Waals surface area contributed by atoms with E-state index in [1.54, 1.807) is 0 Å². The van der Waals surface area contributed by atoms with Gasteiger partial charge in [0.15, 0.2) is 12.3 Å². The van der Waals surface area contributed by atoms with Gasteiger partial charge < -0.3 is 10.1 Å². The third-order valence-electron chi connectivity index (χ3n) is 2.13. The molecule has 1 aromatic rings. The second kappa shape index (κ2) is 6.57. The Labute approximate surface area is 99.4 Å². The molecule has 0 spiro atoms. The predicted octanol–water partition coefficient (Wildman–Crippen LogP) is 0.548. The lowest BCUT2D eigenvalue weighted by Crippen LogP contribution is -2.35. The lowest BCUT2D eigenvalue weighted by atomic mass is 10.2. The van der Waals surface area contributed by atoms with Crippen LogP contribution in [0.3, 0.4) is 0 Å². The Morgan fingerprint density at radius 3 is 2.82 bits per heavy atom. The van der Waals surface area contributed by atoms with Crippen LogP contribution in [0, 0.1) is 0 Å². The Bertz CT molecular complexity index is 381. The molecule has 0 radical (unpaired) electrons. The van der Waals surface area contributed by atoms with Crippen LogP contribution in [0.4, 0.5) is 0 Å². The summed E-state index contributed by atoms with van der Waals surface area (Å²) in [5.41, 5.74) is 0.0869. The van der Waals surface area contributed by atoms with Crippen molar-refractivity contribution in [2.24, 2.45) is 0 Å². The predicted molar refractivity (Wildman–Crippen MR) is 60.2 cm³/mol. The zero-order chi connectivity index (χ0) is 12.7. The van der Waals surface area contributed by atoms with Crippen molar-refractivity contribution in [1.29, 1.82) is 0 Å². The molecule has 17 heavy (non-hydrogen) atoms. The quantitative estimate of drug-likeness (QED) is 0.756. The molecule has 0 saturated carbocycles. The van der Waals surface area contributed by atoms with Crippen LogP contribution in [-0.2, 0) is 9.53 Å². The van der Waals surface area contributed by atoms with E-state index in [9.17, 15) is 9.59 Å². The summed E-state index contributed by atoms with van der Waals surface area (Å²) < 4.78 is 4.78. The first-order chi connectivity index (χ1) is 8.13. The van der Waals surface area contributed by atoms with Gasteiger partial charge in [-0.05, 0) is 13.3 Å². The molecule has 92 valence electrons. The molecular weight excluding hydrogens is 222 g/mol. The maximum absolute atomic E-state index is 11.4. The van der Waals surface area contributed by atoms with E-state index in [1.165, 1.54) is 18.6 Å². The second-order valence-electron chi connectivity index (χ2n) is 3.54. The zero-order valence-electron chi connectivity index (χ0n) is 9.84. The fourth-order valence-corrected chi connectivity index (χ4v) is 1.03. The molecule has 1 N–H and O–H groups in total. The van der Waals surface area contributed by atoms with Gasteiger partial charge in [-0.3, -0.25) is 9.78 Å². The topological polar surface area (TPSA) is 81.2 Å². The van der Waals surface area contributed by atoms with Gasteiger partial charge >= 0.3 is 5.97 Å². The molecule has 0 aromatic carbocycles. The summed E-state index contributed by atoms with van der Waals surface area (Å²) >= 11 is 0. The molecule has 1 aromatic heterocycles. The van der Waals surface area contributed by atoms with E-state index in [1.807, 2.05) is 13.8 Å². The van der Waals surface area contributed by atoms with Gasteiger partial charge in [-0.1, -0.05) is 6.92 Å². The normalized spacial score (nSPS) is 11.6. The molecule has 1 atom stereocenters. The average molecular weight is 237 g/mol. The van der Waals surface area contributed by atoms with E-state index in [-0.39, 0.29) is 24.2 Å². The number of carbonyl (C=O) groups is 2. The highest BCUT2D eigenvalue weighted by molar-refractivity contribution is 5.89. The van der Waals surface area contributed by atoms with Crippen LogP contribution < -0.4 is 5.32 Å². The molecule has 0 fully saturated rings. The van der Waals surface area contributed by atoms with Crippen LogP contribution in [0.25, 0.3) is 0 Å².